The molecule has 6 nitrogen and oxygen atoms in total. The molecule has 3 aromatic carbocycles. The number of rotatable bonds is 4. The number of phenols is 2. The van der Waals surface area contributed by atoms with E-state index in [0.29, 0.717) is 28.0 Å². The van der Waals surface area contributed by atoms with Crippen LogP contribution >= 0.6 is 0 Å². The van der Waals surface area contributed by atoms with Gasteiger partial charge in [-0.1, -0.05) is 6.07 Å². The van der Waals surface area contributed by atoms with E-state index in [1.807, 2.05) is 12.1 Å². The summed E-state index contributed by atoms with van der Waals surface area (Å²) in [5, 5.41) is 23.0. The van der Waals surface area contributed by atoms with Gasteiger partial charge in [0.2, 0.25) is 11.5 Å². The Balaban J connectivity index is 2.57. The van der Waals surface area contributed by atoms with Gasteiger partial charge in [0.15, 0.2) is 23.0 Å². The zero-order valence-electron chi connectivity index (χ0n) is 13.8. The van der Waals surface area contributed by atoms with Gasteiger partial charge in [0.05, 0.1) is 28.4 Å². The Kier molecular flexibility index (Phi) is 3.89. The topological polar surface area (TPSA) is 77.4 Å². The Bertz CT molecular complexity index is 932. The molecule has 0 spiro atoms. The van der Waals surface area contributed by atoms with Gasteiger partial charge in [0, 0.05) is 16.2 Å². The second kappa shape index (κ2) is 5.88. The number of methoxy groups -OCH3 is 4. The third-order valence-corrected chi connectivity index (χ3v) is 4.06. The van der Waals surface area contributed by atoms with E-state index in [9.17, 15) is 10.2 Å². The second-order valence-electron chi connectivity index (χ2n) is 5.18. The van der Waals surface area contributed by atoms with Gasteiger partial charge < -0.3 is 29.2 Å². The largest absolute Gasteiger partial charge is 0.504 e. The number of aromatic hydroxyl groups is 2. The molecule has 126 valence electrons. The number of phenolic OH excluding ortho intramolecular Hbond substituents is 2. The van der Waals surface area contributed by atoms with Gasteiger partial charge in [-0.15, -0.1) is 0 Å². The highest BCUT2D eigenvalue weighted by Gasteiger charge is 2.21. The first-order valence-corrected chi connectivity index (χ1v) is 7.21. The van der Waals surface area contributed by atoms with Gasteiger partial charge >= 0.3 is 0 Å². The fourth-order valence-electron chi connectivity index (χ4n) is 2.94. The lowest BCUT2D eigenvalue weighted by molar-refractivity contribution is 0.327. The molecule has 2 N–H and O–H groups in total. The molecule has 24 heavy (non-hydrogen) atoms. The summed E-state index contributed by atoms with van der Waals surface area (Å²) < 4.78 is 21.5. The van der Waals surface area contributed by atoms with Crippen LogP contribution in [0.2, 0.25) is 0 Å². The monoisotopic (exact) mass is 330 g/mol. The van der Waals surface area contributed by atoms with Gasteiger partial charge in [-0.25, -0.2) is 0 Å². The zero-order chi connectivity index (χ0) is 17.4. The molecule has 3 rings (SSSR count). The Hall–Kier alpha value is -3.02. The average Bonchev–Trinajstić information content (AvgIpc) is 2.62. The lowest BCUT2D eigenvalue weighted by Crippen LogP contribution is -1.96. The molecule has 0 aromatic heterocycles. The number of hydrogen-bond acceptors (Lipinski definition) is 6. The summed E-state index contributed by atoms with van der Waals surface area (Å²) in [5.74, 6) is 1.09. The molecule has 0 fully saturated rings. The first-order valence-electron chi connectivity index (χ1n) is 7.21. The normalized spacial score (nSPS) is 10.8. The minimum Gasteiger partial charge on any atom is -0.504 e. The van der Waals surface area contributed by atoms with E-state index in [1.54, 1.807) is 19.2 Å². The van der Waals surface area contributed by atoms with Crippen LogP contribution in [0.3, 0.4) is 0 Å². The molecular weight excluding hydrogens is 312 g/mol. The lowest BCUT2D eigenvalue weighted by Gasteiger charge is -2.17. The maximum atomic E-state index is 10.3. The van der Waals surface area contributed by atoms with E-state index < -0.39 is 0 Å². The summed E-state index contributed by atoms with van der Waals surface area (Å²) in [4.78, 5) is 0. The fraction of sp³-hybridized carbons (Fsp3) is 0.222. The molecule has 0 radical (unpaired) electrons. The van der Waals surface area contributed by atoms with Gasteiger partial charge in [-0.2, -0.15) is 0 Å². The highest BCUT2D eigenvalue weighted by molar-refractivity contribution is 6.14. The van der Waals surface area contributed by atoms with Crippen molar-refractivity contribution in [1.82, 2.24) is 0 Å². The van der Waals surface area contributed by atoms with Crippen LogP contribution in [0.1, 0.15) is 0 Å². The Morgan fingerprint density at radius 3 is 1.92 bits per heavy atom. The predicted molar refractivity (Wildman–Crippen MR) is 91.0 cm³/mol. The summed E-state index contributed by atoms with van der Waals surface area (Å²) in [6.07, 6.45) is 0. The molecule has 0 aliphatic rings. The van der Waals surface area contributed by atoms with Crippen molar-refractivity contribution >= 4 is 21.5 Å². The number of ether oxygens (including phenoxy) is 4. The molecule has 0 unspecified atom stereocenters. The molecule has 3 aromatic rings. The van der Waals surface area contributed by atoms with Crippen molar-refractivity contribution in [3.05, 3.63) is 24.3 Å². The Labute approximate surface area is 138 Å². The molecule has 0 heterocycles. The van der Waals surface area contributed by atoms with Gasteiger partial charge in [-0.05, 0) is 23.6 Å². The third kappa shape index (κ3) is 2.11. The van der Waals surface area contributed by atoms with Crippen molar-refractivity contribution in [2.24, 2.45) is 0 Å². The summed E-state index contributed by atoms with van der Waals surface area (Å²) >= 11 is 0. The van der Waals surface area contributed by atoms with E-state index in [1.165, 1.54) is 21.3 Å². The van der Waals surface area contributed by atoms with Crippen molar-refractivity contribution < 1.29 is 29.2 Å². The molecule has 0 atom stereocenters. The molecular formula is C18H18O6. The first-order chi connectivity index (χ1) is 11.6. The number of benzene rings is 3. The minimum absolute atomic E-state index is 0.171. The van der Waals surface area contributed by atoms with E-state index in [-0.39, 0.29) is 17.2 Å². The SMILES string of the molecule is COc1cc2c(ccc3cc(OC)c(OC)c(OC)c32)c(O)c1O. The van der Waals surface area contributed by atoms with Crippen LogP contribution in [-0.4, -0.2) is 38.7 Å². The van der Waals surface area contributed by atoms with Crippen LogP contribution in [0, 0.1) is 0 Å². The molecule has 0 saturated carbocycles. The van der Waals surface area contributed by atoms with Crippen molar-refractivity contribution in [2.75, 3.05) is 28.4 Å². The second-order valence-corrected chi connectivity index (χ2v) is 5.18. The molecule has 0 aliphatic heterocycles. The quantitative estimate of drug-likeness (QED) is 0.564. The van der Waals surface area contributed by atoms with E-state index >= 15 is 0 Å². The summed E-state index contributed by atoms with van der Waals surface area (Å²) in [7, 11) is 6.04. The predicted octanol–water partition coefficient (Wildman–Crippen LogP) is 3.44. The van der Waals surface area contributed by atoms with Crippen LogP contribution in [0.15, 0.2) is 24.3 Å². The van der Waals surface area contributed by atoms with Crippen LogP contribution in [-0.2, 0) is 0 Å². The Morgan fingerprint density at radius 2 is 1.33 bits per heavy atom. The van der Waals surface area contributed by atoms with Gasteiger partial charge in [0.1, 0.15) is 0 Å². The maximum absolute atomic E-state index is 10.3. The van der Waals surface area contributed by atoms with Crippen molar-refractivity contribution in [3.63, 3.8) is 0 Å². The van der Waals surface area contributed by atoms with Crippen LogP contribution in [0.4, 0.5) is 0 Å². The highest BCUT2D eigenvalue weighted by atomic mass is 16.5. The molecule has 6 heteroatoms. The standard InChI is InChI=1S/C18H18O6/c1-21-12-8-11-10(15(19)16(12)20)6-5-9-7-13(22-2)17(23-3)18(24-4)14(9)11/h5-8,19-20H,1-4H3. The van der Waals surface area contributed by atoms with Crippen molar-refractivity contribution in [2.45, 2.75) is 0 Å². The van der Waals surface area contributed by atoms with Crippen molar-refractivity contribution in [3.8, 4) is 34.5 Å². The molecule has 0 bridgehead atoms. The van der Waals surface area contributed by atoms with Gasteiger partial charge in [0.25, 0.3) is 0 Å². The zero-order valence-corrected chi connectivity index (χ0v) is 13.8. The number of hydrogen-bond donors (Lipinski definition) is 2. The Morgan fingerprint density at radius 1 is 0.667 bits per heavy atom. The lowest BCUT2D eigenvalue weighted by atomic mass is 9.99. The van der Waals surface area contributed by atoms with Crippen LogP contribution < -0.4 is 18.9 Å². The fourth-order valence-corrected chi connectivity index (χ4v) is 2.94. The first kappa shape index (κ1) is 15.9. The molecule has 0 saturated heterocycles. The van der Waals surface area contributed by atoms with Crippen LogP contribution in [0.25, 0.3) is 21.5 Å². The average molecular weight is 330 g/mol. The van der Waals surface area contributed by atoms with E-state index in [2.05, 4.69) is 0 Å². The third-order valence-electron chi connectivity index (χ3n) is 4.06. The maximum Gasteiger partial charge on any atom is 0.203 e. The van der Waals surface area contributed by atoms with Crippen molar-refractivity contribution in [1.29, 1.82) is 0 Å². The summed E-state index contributed by atoms with van der Waals surface area (Å²) in [6, 6.07) is 7.01. The van der Waals surface area contributed by atoms with Crippen LogP contribution in [0.5, 0.6) is 34.5 Å². The molecule has 0 amide bonds. The number of fused-ring (bicyclic) bond motifs is 3. The van der Waals surface area contributed by atoms with Gasteiger partial charge in [-0.3, -0.25) is 0 Å². The summed E-state index contributed by atoms with van der Waals surface area (Å²) in [5.41, 5.74) is 0. The highest BCUT2D eigenvalue weighted by Crippen LogP contribution is 2.49. The molecule has 0 aliphatic carbocycles. The summed E-state index contributed by atoms with van der Waals surface area (Å²) in [6.45, 7) is 0. The van der Waals surface area contributed by atoms with E-state index in [4.69, 9.17) is 18.9 Å². The van der Waals surface area contributed by atoms with E-state index in [0.717, 1.165) is 10.8 Å². The minimum atomic E-state index is -0.302. The smallest absolute Gasteiger partial charge is 0.203 e.